The smallest absolute Gasteiger partial charge is 0.243 e. The number of rotatable bonds is 7. The summed E-state index contributed by atoms with van der Waals surface area (Å²) >= 11 is 1.57. The van der Waals surface area contributed by atoms with E-state index in [9.17, 15) is 8.42 Å². The van der Waals surface area contributed by atoms with Gasteiger partial charge in [-0.25, -0.2) is 12.7 Å². The normalized spacial score (nSPS) is 22.2. The van der Waals surface area contributed by atoms with E-state index in [-0.39, 0.29) is 0 Å². The van der Waals surface area contributed by atoms with Gasteiger partial charge in [-0.1, -0.05) is 20.8 Å². The largest absolute Gasteiger partial charge is 0.310 e. The van der Waals surface area contributed by atoms with E-state index >= 15 is 0 Å². The van der Waals surface area contributed by atoms with Crippen LogP contribution in [0.5, 0.6) is 0 Å². The van der Waals surface area contributed by atoms with Crippen molar-refractivity contribution in [3.63, 3.8) is 0 Å². The molecule has 1 aliphatic rings. The van der Waals surface area contributed by atoms with Gasteiger partial charge in [0.2, 0.25) is 10.0 Å². The predicted octanol–water partition coefficient (Wildman–Crippen LogP) is 2.83. The van der Waals surface area contributed by atoms with Crippen LogP contribution in [0.1, 0.15) is 36.9 Å². The highest BCUT2D eigenvalue weighted by Gasteiger charge is 2.36. The average molecular weight is 331 g/mol. The lowest BCUT2D eigenvalue weighted by atomic mass is 10.3. The first-order valence-corrected chi connectivity index (χ1v) is 9.76. The Morgan fingerprint density at radius 3 is 2.62 bits per heavy atom. The molecule has 1 aliphatic carbocycles. The summed E-state index contributed by atoms with van der Waals surface area (Å²) in [6, 6.07) is 2.23. The van der Waals surface area contributed by atoms with Crippen molar-refractivity contribution in [2.75, 3.05) is 13.6 Å². The topological polar surface area (TPSA) is 49.4 Å². The second kappa shape index (κ2) is 6.36. The van der Waals surface area contributed by atoms with Gasteiger partial charge in [-0.2, -0.15) is 0 Å². The molecule has 1 heterocycles. The number of nitrogens with one attached hydrogen (secondary N) is 1. The fourth-order valence-corrected chi connectivity index (χ4v) is 5.20. The van der Waals surface area contributed by atoms with Crippen molar-refractivity contribution in [2.45, 2.75) is 51.6 Å². The van der Waals surface area contributed by atoms with Crippen molar-refractivity contribution < 1.29 is 8.42 Å². The zero-order valence-corrected chi connectivity index (χ0v) is 15.1. The van der Waals surface area contributed by atoms with Gasteiger partial charge in [0, 0.05) is 35.9 Å². The Kier molecular flexibility index (Phi) is 5.13. The Morgan fingerprint density at radius 2 is 2.10 bits per heavy atom. The van der Waals surface area contributed by atoms with Gasteiger partial charge in [0.25, 0.3) is 0 Å². The summed E-state index contributed by atoms with van der Waals surface area (Å²) in [5.74, 6) is 1.20. The zero-order chi connectivity index (χ0) is 15.8. The third-order valence-electron chi connectivity index (χ3n) is 4.06. The maximum absolute atomic E-state index is 12.7. The number of nitrogens with zero attached hydrogens (tertiary/aromatic N) is 1. The average Bonchev–Trinajstić information content (AvgIpc) is 2.93. The van der Waals surface area contributed by atoms with E-state index < -0.39 is 10.0 Å². The minimum atomic E-state index is -3.35. The van der Waals surface area contributed by atoms with E-state index in [1.54, 1.807) is 18.4 Å². The highest BCUT2D eigenvalue weighted by atomic mass is 32.2. The molecule has 0 saturated heterocycles. The van der Waals surface area contributed by atoms with Crippen LogP contribution >= 0.6 is 11.3 Å². The molecule has 0 radical (unpaired) electrons. The number of thiophene rings is 1. The molecule has 1 N–H and O–H groups in total. The number of aryl methyl sites for hydroxylation is 1. The second-order valence-corrected chi connectivity index (χ2v) is 9.78. The molecule has 0 aliphatic heterocycles. The van der Waals surface area contributed by atoms with Crippen molar-refractivity contribution in [2.24, 2.45) is 11.8 Å². The molecule has 2 unspecified atom stereocenters. The van der Waals surface area contributed by atoms with Gasteiger partial charge in [-0.05, 0) is 31.2 Å². The minimum absolute atomic E-state index is 0.395. The number of hydrogen-bond acceptors (Lipinski definition) is 4. The van der Waals surface area contributed by atoms with Crippen LogP contribution in [0.25, 0.3) is 0 Å². The zero-order valence-electron chi connectivity index (χ0n) is 13.5. The summed E-state index contributed by atoms with van der Waals surface area (Å²) in [6.45, 7) is 9.60. The lowest BCUT2D eigenvalue weighted by Gasteiger charge is -2.16. The molecule has 2 rings (SSSR count). The summed E-state index contributed by atoms with van der Waals surface area (Å²) in [4.78, 5) is 2.43. The number of sulfonamides is 1. The SMILES string of the molecule is Cc1sc(CNC(C)C)cc1S(=O)(=O)N(C)CC1CC1C. The van der Waals surface area contributed by atoms with E-state index in [1.165, 1.54) is 4.31 Å². The maximum Gasteiger partial charge on any atom is 0.243 e. The van der Waals surface area contributed by atoms with Gasteiger partial charge in [0.1, 0.15) is 0 Å². The molecule has 6 heteroatoms. The van der Waals surface area contributed by atoms with Crippen LogP contribution in [0.4, 0.5) is 0 Å². The first-order chi connectivity index (χ1) is 9.71. The molecule has 0 amide bonds. The van der Waals surface area contributed by atoms with Crippen LogP contribution in [-0.2, 0) is 16.6 Å². The van der Waals surface area contributed by atoms with E-state index in [4.69, 9.17) is 0 Å². The molecular weight excluding hydrogens is 304 g/mol. The lowest BCUT2D eigenvalue weighted by Crippen LogP contribution is -2.29. The Hall–Kier alpha value is -0.430. The Balaban J connectivity index is 2.11. The summed E-state index contributed by atoms with van der Waals surface area (Å²) in [5.41, 5.74) is 0. The fraction of sp³-hybridized carbons (Fsp3) is 0.733. The predicted molar refractivity (Wildman–Crippen MR) is 88.1 cm³/mol. The highest BCUT2D eigenvalue weighted by Crippen LogP contribution is 2.39. The van der Waals surface area contributed by atoms with Gasteiger partial charge < -0.3 is 5.32 Å². The van der Waals surface area contributed by atoms with Crippen molar-refractivity contribution in [1.29, 1.82) is 0 Å². The minimum Gasteiger partial charge on any atom is -0.310 e. The van der Waals surface area contributed by atoms with E-state index in [2.05, 4.69) is 26.1 Å². The van der Waals surface area contributed by atoms with Gasteiger partial charge in [-0.15, -0.1) is 11.3 Å². The van der Waals surface area contributed by atoms with E-state index in [1.807, 2.05) is 13.0 Å². The monoisotopic (exact) mass is 330 g/mol. The lowest BCUT2D eigenvalue weighted by molar-refractivity contribution is 0.444. The van der Waals surface area contributed by atoms with Crippen molar-refractivity contribution in [1.82, 2.24) is 9.62 Å². The Labute approximate surface area is 132 Å². The first-order valence-electron chi connectivity index (χ1n) is 7.50. The molecule has 0 aromatic carbocycles. The molecule has 1 aromatic heterocycles. The summed E-state index contributed by atoms with van der Waals surface area (Å²) in [7, 11) is -1.65. The first kappa shape index (κ1) is 16.9. The van der Waals surface area contributed by atoms with E-state index in [0.29, 0.717) is 29.3 Å². The molecule has 1 fully saturated rings. The van der Waals surface area contributed by atoms with Crippen LogP contribution < -0.4 is 5.32 Å². The molecular formula is C15H26N2O2S2. The quantitative estimate of drug-likeness (QED) is 0.836. The van der Waals surface area contributed by atoms with Gasteiger partial charge in [0.15, 0.2) is 0 Å². The molecule has 4 nitrogen and oxygen atoms in total. The molecule has 1 saturated carbocycles. The van der Waals surface area contributed by atoms with Crippen LogP contribution in [0.15, 0.2) is 11.0 Å². The van der Waals surface area contributed by atoms with Crippen molar-refractivity contribution in [3.05, 3.63) is 15.8 Å². The molecule has 0 spiro atoms. The fourth-order valence-electron chi connectivity index (χ4n) is 2.42. The maximum atomic E-state index is 12.7. The molecule has 0 bridgehead atoms. The highest BCUT2D eigenvalue weighted by molar-refractivity contribution is 7.89. The third-order valence-corrected chi connectivity index (χ3v) is 7.19. The summed E-state index contributed by atoms with van der Waals surface area (Å²) < 4.78 is 26.9. The van der Waals surface area contributed by atoms with Crippen LogP contribution in [-0.4, -0.2) is 32.4 Å². The van der Waals surface area contributed by atoms with Crippen molar-refractivity contribution >= 4 is 21.4 Å². The Morgan fingerprint density at radius 1 is 1.48 bits per heavy atom. The molecule has 21 heavy (non-hydrogen) atoms. The van der Waals surface area contributed by atoms with Crippen LogP contribution in [0, 0.1) is 18.8 Å². The van der Waals surface area contributed by atoms with Crippen LogP contribution in [0.2, 0.25) is 0 Å². The second-order valence-electron chi connectivity index (χ2n) is 6.43. The van der Waals surface area contributed by atoms with Gasteiger partial charge >= 0.3 is 0 Å². The Bertz CT molecular complexity index is 593. The number of hydrogen-bond donors (Lipinski definition) is 1. The third kappa shape index (κ3) is 4.06. The standard InChI is InChI=1S/C15H26N2O2S2/c1-10(2)16-8-14-7-15(12(4)20-14)21(18,19)17(5)9-13-6-11(13)3/h7,10-11,13,16H,6,8-9H2,1-5H3. The van der Waals surface area contributed by atoms with Crippen molar-refractivity contribution in [3.8, 4) is 0 Å². The van der Waals surface area contributed by atoms with Gasteiger partial charge in [0.05, 0.1) is 4.90 Å². The van der Waals surface area contributed by atoms with Crippen LogP contribution in [0.3, 0.4) is 0 Å². The summed E-state index contributed by atoms with van der Waals surface area (Å²) in [5, 5.41) is 3.33. The van der Waals surface area contributed by atoms with E-state index in [0.717, 1.165) is 22.7 Å². The molecule has 2 atom stereocenters. The summed E-state index contributed by atoms with van der Waals surface area (Å²) in [6.07, 6.45) is 1.14. The van der Waals surface area contributed by atoms with Gasteiger partial charge in [-0.3, -0.25) is 0 Å². The molecule has 1 aromatic rings. The molecule has 120 valence electrons.